The Hall–Kier alpha value is -3.16. The summed E-state index contributed by atoms with van der Waals surface area (Å²) in [6.07, 6.45) is 0.103. The zero-order valence-electron chi connectivity index (χ0n) is 17.0. The molecule has 3 heterocycles. The number of benzene rings is 2. The van der Waals surface area contributed by atoms with Crippen molar-refractivity contribution < 1.29 is 9.53 Å². The van der Waals surface area contributed by atoms with Gasteiger partial charge in [-0.2, -0.15) is 9.78 Å². The highest BCUT2D eigenvalue weighted by Gasteiger charge is 2.24. The van der Waals surface area contributed by atoms with Gasteiger partial charge in [-0.05, 0) is 24.3 Å². The van der Waals surface area contributed by atoms with E-state index in [1.165, 1.54) is 4.68 Å². The quantitative estimate of drug-likeness (QED) is 0.495. The number of morpholine rings is 1. The van der Waals surface area contributed by atoms with Gasteiger partial charge < -0.3 is 14.2 Å². The lowest BCUT2D eigenvalue weighted by Gasteiger charge is -2.26. The molecule has 2 aromatic carbocycles. The molecule has 1 aliphatic rings. The van der Waals surface area contributed by atoms with Gasteiger partial charge in [0, 0.05) is 35.9 Å². The molecule has 0 bridgehead atoms. The third-order valence-electron chi connectivity index (χ3n) is 5.75. The van der Waals surface area contributed by atoms with Crippen molar-refractivity contribution in [2.45, 2.75) is 6.42 Å². The maximum atomic E-state index is 13.5. The number of carbonyl (C=O) groups is 1. The van der Waals surface area contributed by atoms with E-state index < -0.39 is 0 Å². The Morgan fingerprint density at radius 2 is 1.87 bits per heavy atom. The van der Waals surface area contributed by atoms with E-state index in [0.29, 0.717) is 53.6 Å². The van der Waals surface area contributed by atoms with E-state index in [4.69, 9.17) is 16.3 Å². The number of aryl methyl sites for hydroxylation is 1. The molecule has 1 saturated heterocycles. The summed E-state index contributed by atoms with van der Waals surface area (Å²) < 4.78 is 8.58. The minimum atomic E-state index is -0.237. The van der Waals surface area contributed by atoms with Crippen LogP contribution in [-0.4, -0.2) is 51.5 Å². The lowest BCUT2D eigenvalue weighted by Crippen LogP contribution is -2.41. The first-order valence-corrected chi connectivity index (χ1v) is 10.5. The molecule has 1 fully saturated rings. The normalized spacial score (nSPS) is 14.5. The van der Waals surface area contributed by atoms with E-state index in [9.17, 15) is 9.59 Å². The van der Waals surface area contributed by atoms with Crippen molar-refractivity contribution in [3.63, 3.8) is 0 Å². The smallest absolute Gasteiger partial charge is 0.296 e. The molecule has 0 saturated carbocycles. The lowest BCUT2D eigenvalue weighted by atomic mass is 10.1. The Bertz CT molecular complexity index is 1350. The van der Waals surface area contributed by atoms with Crippen LogP contribution in [-0.2, 0) is 23.0 Å². The van der Waals surface area contributed by atoms with E-state index in [-0.39, 0.29) is 17.9 Å². The van der Waals surface area contributed by atoms with Gasteiger partial charge in [-0.15, -0.1) is 0 Å². The van der Waals surface area contributed by atoms with E-state index in [1.807, 2.05) is 54.1 Å². The zero-order chi connectivity index (χ0) is 21.5. The second-order valence-corrected chi connectivity index (χ2v) is 8.05. The van der Waals surface area contributed by atoms with Crippen LogP contribution in [0.25, 0.3) is 27.5 Å². The first-order chi connectivity index (χ1) is 15.0. The summed E-state index contributed by atoms with van der Waals surface area (Å²) in [7, 11) is 1.84. The highest BCUT2D eigenvalue weighted by molar-refractivity contribution is 6.31. The summed E-state index contributed by atoms with van der Waals surface area (Å²) in [4.78, 5) is 28.3. The Balaban J connectivity index is 1.76. The fourth-order valence-corrected chi connectivity index (χ4v) is 4.37. The molecule has 0 atom stereocenters. The van der Waals surface area contributed by atoms with Crippen molar-refractivity contribution in [2.24, 2.45) is 7.05 Å². The molecular formula is C23H21ClN4O3. The summed E-state index contributed by atoms with van der Waals surface area (Å²) >= 11 is 6.23. The first-order valence-electron chi connectivity index (χ1n) is 10.2. The first kappa shape index (κ1) is 19.8. The number of halogens is 1. The predicted molar refractivity (Wildman–Crippen MR) is 120 cm³/mol. The summed E-state index contributed by atoms with van der Waals surface area (Å²) in [5.74, 6) is -0.0265. The Kier molecular flexibility index (Phi) is 5.00. The van der Waals surface area contributed by atoms with Crippen molar-refractivity contribution >= 4 is 39.3 Å². The fraction of sp³-hybridized carbons (Fsp3) is 0.261. The van der Waals surface area contributed by atoms with Gasteiger partial charge in [0.25, 0.3) is 5.56 Å². The number of ether oxygens (including phenoxy) is 1. The fourth-order valence-electron chi connectivity index (χ4n) is 4.20. The van der Waals surface area contributed by atoms with Crippen molar-refractivity contribution in [1.82, 2.24) is 19.2 Å². The van der Waals surface area contributed by atoms with Crippen LogP contribution < -0.4 is 5.56 Å². The highest BCUT2D eigenvalue weighted by atomic mass is 35.5. The molecule has 5 rings (SSSR count). The van der Waals surface area contributed by atoms with Crippen LogP contribution >= 0.6 is 11.6 Å². The van der Waals surface area contributed by atoms with Crippen molar-refractivity contribution in [2.75, 3.05) is 26.3 Å². The monoisotopic (exact) mass is 436 g/mol. The summed E-state index contributed by atoms with van der Waals surface area (Å²) in [5, 5.41) is 6.81. The van der Waals surface area contributed by atoms with E-state index in [0.717, 1.165) is 10.9 Å². The second-order valence-electron chi connectivity index (χ2n) is 7.61. The third kappa shape index (κ3) is 3.40. The zero-order valence-corrected chi connectivity index (χ0v) is 17.8. The van der Waals surface area contributed by atoms with Crippen molar-refractivity contribution in [3.8, 4) is 5.69 Å². The number of hydrogen-bond acceptors (Lipinski definition) is 4. The van der Waals surface area contributed by atoms with Gasteiger partial charge in [-0.3, -0.25) is 9.59 Å². The average molecular weight is 437 g/mol. The van der Waals surface area contributed by atoms with E-state index in [1.54, 1.807) is 11.0 Å². The summed E-state index contributed by atoms with van der Waals surface area (Å²) in [6, 6.07) is 14.8. The van der Waals surface area contributed by atoms with Crippen LogP contribution in [0.1, 0.15) is 5.69 Å². The number of hydrogen-bond donors (Lipinski definition) is 0. The van der Waals surface area contributed by atoms with Gasteiger partial charge in [0.2, 0.25) is 5.91 Å². The Morgan fingerprint density at radius 3 is 2.61 bits per heavy atom. The molecule has 4 aromatic rings. The Morgan fingerprint density at radius 1 is 1.13 bits per heavy atom. The van der Waals surface area contributed by atoms with E-state index in [2.05, 4.69) is 5.10 Å². The molecule has 0 unspecified atom stereocenters. The number of amides is 1. The molecule has 0 N–H and O–H groups in total. The molecule has 0 aliphatic carbocycles. The number of rotatable bonds is 3. The van der Waals surface area contributed by atoms with Crippen molar-refractivity contribution in [1.29, 1.82) is 0 Å². The molecule has 8 heteroatoms. The number of aromatic nitrogens is 3. The molecule has 7 nitrogen and oxygen atoms in total. The number of para-hydroxylation sites is 1. The molecule has 0 spiro atoms. The van der Waals surface area contributed by atoms with Gasteiger partial charge >= 0.3 is 0 Å². The molecular weight excluding hydrogens is 416 g/mol. The topological polar surface area (TPSA) is 69.4 Å². The van der Waals surface area contributed by atoms with Crippen LogP contribution in [0.15, 0.2) is 53.3 Å². The largest absolute Gasteiger partial charge is 0.378 e. The van der Waals surface area contributed by atoms with E-state index >= 15 is 0 Å². The van der Waals surface area contributed by atoms with Crippen LogP contribution in [0.5, 0.6) is 0 Å². The van der Waals surface area contributed by atoms with Gasteiger partial charge in [-0.1, -0.05) is 35.9 Å². The Labute approximate surface area is 183 Å². The maximum absolute atomic E-state index is 13.5. The minimum Gasteiger partial charge on any atom is -0.378 e. The number of fused-ring (bicyclic) bond motifs is 3. The van der Waals surface area contributed by atoms with Crippen LogP contribution in [0.4, 0.5) is 0 Å². The standard InChI is InChI=1S/C23H21ClN4O3/c1-26-19-13-15(24)7-8-17(19)21-18(14-20(29)27-9-11-31-12-10-27)25-28(23(30)22(21)26)16-5-3-2-4-6-16/h2-8,13H,9-12,14H2,1H3. The molecule has 0 radical (unpaired) electrons. The van der Waals surface area contributed by atoms with Gasteiger partial charge in [-0.25, -0.2) is 0 Å². The van der Waals surface area contributed by atoms with Crippen LogP contribution in [0.3, 0.4) is 0 Å². The minimum absolute atomic E-state index is 0.0265. The lowest BCUT2D eigenvalue weighted by molar-refractivity contribution is -0.134. The van der Waals surface area contributed by atoms with Gasteiger partial charge in [0.15, 0.2) is 0 Å². The highest BCUT2D eigenvalue weighted by Crippen LogP contribution is 2.31. The van der Waals surface area contributed by atoms with Gasteiger partial charge in [0.05, 0.1) is 36.5 Å². The predicted octanol–water partition coefficient (Wildman–Crippen LogP) is 2.93. The molecule has 1 aliphatic heterocycles. The second kappa shape index (κ2) is 7.83. The van der Waals surface area contributed by atoms with Gasteiger partial charge in [0.1, 0.15) is 5.52 Å². The molecule has 31 heavy (non-hydrogen) atoms. The number of carbonyl (C=O) groups excluding carboxylic acids is 1. The SMILES string of the molecule is Cn1c2cc(Cl)ccc2c2c(CC(=O)N3CCOCC3)nn(-c3ccccc3)c(=O)c21. The van der Waals surface area contributed by atoms with Crippen LogP contribution in [0.2, 0.25) is 5.02 Å². The molecule has 1 amide bonds. The molecule has 158 valence electrons. The maximum Gasteiger partial charge on any atom is 0.296 e. The summed E-state index contributed by atoms with van der Waals surface area (Å²) in [6.45, 7) is 2.19. The average Bonchev–Trinajstić information content (AvgIpc) is 3.09. The van der Waals surface area contributed by atoms with Crippen molar-refractivity contribution in [3.05, 3.63) is 69.6 Å². The third-order valence-corrected chi connectivity index (χ3v) is 5.99. The summed E-state index contributed by atoms with van der Waals surface area (Å²) in [5.41, 5.74) is 2.31. The van der Waals surface area contributed by atoms with Crippen LogP contribution in [0, 0.1) is 0 Å². The molecule has 2 aromatic heterocycles. The number of nitrogens with zero attached hydrogens (tertiary/aromatic N) is 4.